The van der Waals surface area contributed by atoms with E-state index in [1.807, 2.05) is 0 Å². The number of ketones is 1. The van der Waals surface area contributed by atoms with Crippen LogP contribution in [0.3, 0.4) is 0 Å². The Hall–Kier alpha value is -2.62. The van der Waals surface area contributed by atoms with Gasteiger partial charge in [-0.1, -0.05) is 0 Å². The van der Waals surface area contributed by atoms with Gasteiger partial charge in [-0.15, -0.1) is 0 Å². The van der Waals surface area contributed by atoms with Crippen LogP contribution < -0.4 is 5.32 Å². The number of hydrogen-bond acceptors (Lipinski definition) is 4. The topological polar surface area (TPSA) is 62.2 Å². The Bertz CT molecular complexity index is 589. The number of hydrogen-bond donors (Lipinski definition) is 2. The monoisotopic (exact) mass is 254 g/mol. The lowest BCUT2D eigenvalue weighted by Crippen LogP contribution is -2.01. The number of aromatic nitrogens is 1. The normalized spacial score (nSPS) is 11.1. The van der Waals surface area contributed by atoms with Crippen LogP contribution in [0.25, 0.3) is 0 Å². The summed E-state index contributed by atoms with van der Waals surface area (Å²) in [6.45, 7) is 1.81. The molecule has 0 bridgehead atoms. The van der Waals surface area contributed by atoms with E-state index >= 15 is 0 Å². The van der Waals surface area contributed by atoms with Crippen LogP contribution in [0.2, 0.25) is 0 Å². The van der Waals surface area contributed by atoms with Gasteiger partial charge in [-0.05, 0) is 43.3 Å². The number of carbonyl (C=O) groups excluding carboxylic acids is 1. The first-order valence-electron chi connectivity index (χ1n) is 5.84. The molecule has 0 fully saturated rings. The molecule has 4 heteroatoms. The first kappa shape index (κ1) is 12.8. The fraction of sp³-hybridized carbons (Fsp3) is 0.0667. The molecule has 1 aromatic carbocycles. The van der Waals surface area contributed by atoms with Gasteiger partial charge < -0.3 is 10.4 Å². The third-order valence-corrected chi connectivity index (χ3v) is 2.50. The number of carbonyl (C=O) groups is 1. The van der Waals surface area contributed by atoms with Gasteiger partial charge in [0.1, 0.15) is 5.75 Å². The summed E-state index contributed by atoms with van der Waals surface area (Å²) in [5.74, 6) is 0.107. The summed E-state index contributed by atoms with van der Waals surface area (Å²) in [4.78, 5) is 15.8. The van der Waals surface area contributed by atoms with Crippen LogP contribution >= 0.6 is 0 Å². The molecule has 0 amide bonds. The molecule has 0 aliphatic carbocycles. The average molecular weight is 254 g/mol. The number of phenolic OH excluding ortho intramolecular Hbond substituents is 1. The van der Waals surface area contributed by atoms with Crippen LogP contribution in [0.5, 0.6) is 5.75 Å². The largest absolute Gasteiger partial charge is 0.508 e. The molecule has 0 aliphatic rings. The number of anilines is 1. The molecular weight excluding hydrogens is 240 g/mol. The fourth-order valence-electron chi connectivity index (χ4n) is 1.60. The molecule has 0 radical (unpaired) electrons. The van der Waals surface area contributed by atoms with Crippen LogP contribution in [-0.4, -0.2) is 15.9 Å². The number of benzene rings is 1. The van der Waals surface area contributed by atoms with Crippen LogP contribution in [0.1, 0.15) is 17.3 Å². The Balaban J connectivity index is 2.07. The van der Waals surface area contributed by atoms with Gasteiger partial charge in [0, 0.05) is 35.4 Å². The van der Waals surface area contributed by atoms with E-state index in [2.05, 4.69) is 10.3 Å². The van der Waals surface area contributed by atoms with E-state index in [9.17, 15) is 9.90 Å². The summed E-state index contributed by atoms with van der Waals surface area (Å²) in [5, 5.41) is 12.3. The fourth-order valence-corrected chi connectivity index (χ4v) is 1.60. The van der Waals surface area contributed by atoms with Crippen LogP contribution in [0, 0.1) is 0 Å². The van der Waals surface area contributed by atoms with Crippen molar-refractivity contribution < 1.29 is 9.90 Å². The maximum absolute atomic E-state index is 11.9. The van der Waals surface area contributed by atoms with E-state index < -0.39 is 0 Å². The average Bonchev–Trinajstić information content (AvgIpc) is 2.42. The molecule has 1 heterocycles. The summed E-state index contributed by atoms with van der Waals surface area (Å²) in [7, 11) is 0. The molecule has 19 heavy (non-hydrogen) atoms. The number of phenols is 1. The first-order valence-corrected chi connectivity index (χ1v) is 5.84. The summed E-state index contributed by atoms with van der Waals surface area (Å²) in [5.41, 5.74) is 2.08. The van der Waals surface area contributed by atoms with Crippen molar-refractivity contribution in [3.8, 4) is 5.75 Å². The molecular formula is C15H14N2O2. The van der Waals surface area contributed by atoms with Crippen molar-refractivity contribution >= 4 is 11.5 Å². The quantitative estimate of drug-likeness (QED) is 0.500. The Morgan fingerprint density at radius 2 is 2.00 bits per heavy atom. The third kappa shape index (κ3) is 3.67. The van der Waals surface area contributed by atoms with Gasteiger partial charge in [-0.2, -0.15) is 0 Å². The van der Waals surface area contributed by atoms with Crippen molar-refractivity contribution in [1.29, 1.82) is 0 Å². The van der Waals surface area contributed by atoms with E-state index in [4.69, 9.17) is 0 Å². The second kappa shape index (κ2) is 5.82. The predicted molar refractivity (Wildman–Crippen MR) is 74.1 cm³/mol. The number of nitrogens with one attached hydrogen (secondary N) is 1. The lowest BCUT2D eigenvalue weighted by molar-refractivity contribution is 0.104. The zero-order chi connectivity index (χ0) is 13.7. The number of allylic oxidation sites excluding steroid dienone is 2. The van der Waals surface area contributed by atoms with Crippen LogP contribution in [-0.2, 0) is 0 Å². The molecule has 1 aromatic heterocycles. The summed E-state index contributed by atoms with van der Waals surface area (Å²) in [6, 6.07) is 10.1. The Morgan fingerprint density at radius 3 is 2.63 bits per heavy atom. The minimum Gasteiger partial charge on any atom is -0.508 e. The summed E-state index contributed by atoms with van der Waals surface area (Å²) >= 11 is 0. The van der Waals surface area contributed by atoms with Gasteiger partial charge in [-0.3, -0.25) is 9.78 Å². The number of pyridine rings is 1. The van der Waals surface area contributed by atoms with Crippen molar-refractivity contribution in [2.75, 3.05) is 5.32 Å². The summed E-state index contributed by atoms with van der Waals surface area (Å²) < 4.78 is 0. The van der Waals surface area contributed by atoms with Gasteiger partial charge in [0.15, 0.2) is 5.78 Å². The van der Waals surface area contributed by atoms with Crippen LogP contribution in [0.4, 0.5) is 5.69 Å². The third-order valence-electron chi connectivity index (χ3n) is 2.50. The van der Waals surface area contributed by atoms with E-state index in [-0.39, 0.29) is 11.5 Å². The lowest BCUT2D eigenvalue weighted by Gasteiger charge is -2.06. The number of nitrogens with zero attached hydrogens (tertiary/aromatic N) is 1. The molecule has 0 saturated carbocycles. The minimum absolute atomic E-state index is 0.100. The van der Waals surface area contributed by atoms with E-state index in [0.717, 1.165) is 11.4 Å². The van der Waals surface area contributed by atoms with Crippen LogP contribution in [0.15, 0.2) is 60.6 Å². The van der Waals surface area contributed by atoms with E-state index in [1.54, 1.807) is 49.5 Å². The van der Waals surface area contributed by atoms with Crippen molar-refractivity contribution in [2.45, 2.75) is 6.92 Å². The lowest BCUT2D eigenvalue weighted by atomic mass is 10.1. The van der Waals surface area contributed by atoms with Crippen molar-refractivity contribution in [3.63, 3.8) is 0 Å². The van der Waals surface area contributed by atoms with Gasteiger partial charge in [0.2, 0.25) is 0 Å². The Kier molecular flexibility index (Phi) is 3.93. The summed E-state index contributed by atoms with van der Waals surface area (Å²) in [6.07, 6.45) is 4.68. The maximum Gasteiger partial charge on any atom is 0.189 e. The molecule has 0 aliphatic heterocycles. The molecule has 4 nitrogen and oxygen atoms in total. The first-order chi connectivity index (χ1) is 9.15. The second-order valence-electron chi connectivity index (χ2n) is 4.11. The standard InChI is InChI=1S/C15H14N2O2/c1-11(17-13-4-6-14(18)7-5-13)9-15(19)12-3-2-8-16-10-12/h2-10,17-18H,1H3/b11-9+. The SMILES string of the molecule is C/C(=C\C(=O)c1cccnc1)Nc1ccc(O)cc1. The predicted octanol–water partition coefficient (Wildman–Crippen LogP) is 2.99. The molecule has 0 saturated heterocycles. The Labute approximate surface area is 111 Å². The van der Waals surface area contributed by atoms with Crippen molar-refractivity contribution in [3.05, 3.63) is 66.1 Å². The maximum atomic E-state index is 11.9. The van der Waals surface area contributed by atoms with Gasteiger partial charge in [0.25, 0.3) is 0 Å². The van der Waals surface area contributed by atoms with Gasteiger partial charge in [-0.25, -0.2) is 0 Å². The van der Waals surface area contributed by atoms with Gasteiger partial charge >= 0.3 is 0 Å². The molecule has 0 spiro atoms. The molecule has 0 unspecified atom stereocenters. The molecule has 0 atom stereocenters. The molecule has 2 aromatic rings. The van der Waals surface area contributed by atoms with E-state index in [1.165, 1.54) is 12.3 Å². The van der Waals surface area contributed by atoms with Gasteiger partial charge in [0.05, 0.1) is 0 Å². The van der Waals surface area contributed by atoms with E-state index in [0.29, 0.717) is 5.56 Å². The molecule has 2 rings (SSSR count). The highest BCUT2D eigenvalue weighted by Gasteiger charge is 2.02. The van der Waals surface area contributed by atoms with Crippen molar-refractivity contribution in [2.24, 2.45) is 0 Å². The minimum atomic E-state index is -0.100. The molecule has 2 N–H and O–H groups in total. The van der Waals surface area contributed by atoms with Crippen molar-refractivity contribution in [1.82, 2.24) is 4.98 Å². The highest BCUT2D eigenvalue weighted by molar-refractivity contribution is 6.04. The number of rotatable bonds is 4. The number of aromatic hydroxyl groups is 1. The zero-order valence-corrected chi connectivity index (χ0v) is 10.5. The zero-order valence-electron chi connectivity index (χ0n) is 10.5. The highest BCUT2D eigenvalue weighted by Crippen LogP contribution is 2.15. The Morgan fingerprint density at radius 1 is 1.26 bits per heavy atom. The highest BCUT2D eigenvalue weighted by atomic mass is 16.3. The second-order valence-corrected chi connectivity index (χ2v) is 4.11. The smallest absolute Gasteiger partial charge is 0.189 e. The molecule has 96 valence electrons.